The Morgan fingerprint density at radius 1 is 1.07 bits per heavy atom. The van der Waals surface area contributed by atoms with Crippen LogP contribution in [0.2, 0.25) is 0 Å². The monoisotopic (exact) mass is 386 g/mol. The summed E-state index contributed by atoms with van der Waals surface area (Å²) in [6.07, 6.45) is 6.76. The summed E-state index contributed by atoms with van der Waals surface area (Å²) in [5.74, 6) is 0.198. The first kappa shape index (κ1) is 18.3. The highest BCUT2D eigenvalue weighted by Gasteiger charge is 2.11. The Morgan fingerprint density at radius 3 is 2.66 bits per heavy atom. The van der Waals surface area contributed by atoms with Crippen molar-refractivity contribution in [2.75, 3.05) is 11.9 Å². The number of rotatable bonds is 6. The number of aromatic nitrogens is 5. The molecule has 0 saturated heterocycles. The van der Waals surface area contributed by atoms with E-state index >= 15 is 0 Å². The van der Waals surface area contributed by atoms with Gasteiger partial charge < -0.3 is 5.32 Å². The van der Waals surface area contributed by atoms with E-state index in [4.69, 9.17) is 0 Å². The van der Waals surface area contributed by atoms with Gasteiger partial charge in [-0.05, 0) is 30.3 Å². The maximum absolute atomic E-state index is 12.7. The zero-order valence-corrected chi connectivity index (χ0v) is 15.7. The van der Waals surface area contributed by atoms with E-state index < -0.39 is 0 Å². The van der Waals surface area contributed by atoms with Gasteiger partial charge in [0, 0.05) is 49.0 Å². The molecule has 1 aromatic carbocycles. The molecule has 0 radical (unpaired) electrons. The Morgan fingerprint density at radius 2 is 1.90 bits per heavy atom. The largest absolute Gasteiger partial charge is 0.348 e. The van der Waals surface area contributed by atoms with Gasteiger partial charge in [-0.2, -0.15) is 5.10 Å². The number of pyridine rings is 1. The van der Waals surface area contributed by atoms with E-state index in [0.717, 1.165) is 11.3 Å². The van der Waals surface area contributed by atoms with E-state index in [1.54, 1.807) is 54.6 Å². The summed E-state index contributed by atoms with van der Waals surface area (Å²) >= 11 is 0. The van der Waals surface area contributed by atoms with Crippen molar-refractivity contribution < 1.29 is 4.79 Å². The molecule has 0 spiro atoms. The smallest absolute Gasteiger partial charge is 0.255 e. The first-order valence-electron chi connectivity index (χ1n) is 8.97. The van der Waals surface area contributed by atoms with Crippen LogP contribution in [0.4, 0.5) is 5.95 Å². The molecular formula is C21H18N6O2. The molecule has 0 aliphatic carbocycles. The van der Waals surface area contributed by atoms with Crippen LogP contribution in [-0.4, -0.2) is 36.6 Å². The number of ketones is 1. The van der Waals surface area contributed by atoms with Crippen molar-refractivity contribution in [3.8, 4) is 16.9 Å². The molecule has 1 N–H and O–H groups in total. The topological polar surface area (TPSA) is 94.7 Å². The number of nitrogens with zero attached hydrogens (tertiary/aromatic N) is 5. The first-order valence-corrected chi connectivity index (χ1v) is 8.97. The van der Waals surface area contributed by atoms with Crippen LogP contribution in [0.15, 0.2) is 78.1 Å². The average molecular weight is 386 g/mol. The fourth-order valence-electron chi connectivity index (χ4n) is 2.87. The Balaban J connectivity index is 1.55. The standard InChI is InChI=1S/C21H18N6O2/c1-26-20(29)13-18(15-6-9-22-10-7-15)25-21(26)23-14-19(28)16-4-2-5-17(12-16)27-11-3-8-24-27/h2-13H,14H2,1H3,(H,23,25). The van der Waals surface area contributed by atoms with Gasteiger partial charge in [-0.15, -0.1) is 0 Å². The lowest BCUT2D eigenvalue weighted by molar-refractivity contribution is 0.101. The minimum absolute atomic E-state index is 0.00262. The molecule has 8 heteroatoms. The van der Waals surface area contributed by atoms with E-state index in [2.05, 4.69) is 20.4 Å². The maximum atomic E-state index is 12.7. The van der Waals surface area contributed by atoms with Crippen LogP contribution in [0, 0.1) is 0 Å². The number of anilines is 1. The third kappa shape index (κ3) is 3.96. The fourth-order valence-corrected chi connectivity index (χ4v) is 2.87. The number of hydrogen-bond acceptors (Lipinski definition) is 6. The summed E-state index contributed by atoms with van der Waals surface area (Å²) in [7, 11) is 1.61. The van der Waals surface area contributed by atoms with E-state index in [-0.39, 0.29) is 17.9 Å². The summed E-state index contributed by atoms with van der Waals surface area (Å²) in [6.45, 7) is 0.00262. The van der Waals surface area contributed by atoms with Crippen LogP contribution >= 0.6 is 0 Å². The van der Waals surface area contributed by atoms with Crippen LogP contribution in [0.3, 0.4) is 0 Å². The van der Waals surface area contributed by atoms with Gasteiger partial charge in [0.25, 0.3) is 5.56 Å². The van der Waals surface area contributed by atoms with Gasteiger partial charge in [0.2, 0.25) is 5.95 Å². The number of carbonyl (C=O) groups excluding carboxylic acids is 1. The summed E-state index contributed by atoms with van der Waals surface area (Å²) in [5.41, 5.74) is 2.42. The number of carbonyl (C=O) groups is 1. The van der Waals surface area contributed by atoms with Gasteiger partial charge in [-0.25, -0.2) is 9.67 Å². The molecule has 0 aliphatic rings. The minimum atomic E-state index is -0.220. The molecular weight excluding hydrogens is 368 g/mol. The van der Waals surface area contributed by atoms with E-state index in [1.165, 1.54) is 10.6 Å². The van der Waals surface area contributed by atoms with Crippen LogP contribution < -0.4 is 10.9 Å². The number of benzene rings is 1. The molecule has 3 aromatic heterocycles. The molecule has 0 aliphatic heterocycles. The van der Waals surface area contributed by atoms with E-state index in [0.29, 0.717) is 17.2 Å². The van der Waals surface area contributed by atoms with E-state index in [9.17, 15) is 9.59 Å². The van der Waals surface area contributed by atoms with Gasteiger partial charge in [-0.1, -0.05) is 12.1 Å². The number of hydrogen-bond donors (Lipinski definition) is 1. The van der Waals surface area contributed by atoms with Crippen molar-refractivity contribution in [3.63, 3.8) is 0 Å². The normalized spacial score (nSPS) is 10.7. The second kappa shape index (κ2) is 7.89. The molecule has 4 aromatic rings. The molecule has 0 unspecified atom stereocenters. The van der Waals surface area contributed by atoms with Gasteiger partial charge in [0.05, 0.1) is 17.9 Å². The predicted octanol–water partition coefficient (Wildman–Crippen LogP) is 2.32. The Labute approximate surface area is 166 Å². The number of nitrogens with one attached hydrogen (secondary N) is 1. The highest BCUT2D eigenvalue weighted by atomic mass is 16.1. The van der Waals surface area contributed by atoms with Gasteiger partial charge in [0.1, 0.15) is 0 Å². The fraction of sp³-hybridized carbons (Fsp3) is 0.0952. The quantitative estimate of drug-likeness (QED) is 0.511. The second-order valence-corrected chi connectivity index (χ2v) is 6.38. The van der Waals surface area contributed by atoms with Gasteiger partial charge in [-0.3, -0.25) is 19.1 Å². The van der Waals surface area contributed by atoms with Gasteiger partial charge in [0.15, 0.2) is 5.78 Å². The highest BCUT2D eigenvalue weighted by Crippen LogP contribution is 2.16. The van der Waals surface area contributed by atoms with Crippen LogP contribution in [0.1, 0.15) is 10.4 Å². The lowest BCUT2D eigenvalue weighted by Crippen LogP contribution is -2.24. The number of Topliss-reactive ketones (excluding diaryl/α,β-unsaturated/α-hetero) is 1. The molecule has 0 fully saturated rings. The Hall–Kier alpha value is -4.07. The summed E-state index contributed by atoms with van der Waals surface area (Å²) in [5, 5.41) is 7.16. The molecule has 0 bridgehead atoms. The molecule has 4 rings (SSSR count). The SMILES string of the molecule is Cn1c(NCC(=O)c2cccc(-n3cccn3)c2)nc(-c2ccncc2)cc1=O. The first-order chi connectivity index (χ1) is 14.1. The predicted molar refractivity (Wildman–Crippen MR) is 109 cm³/mol. The summed E-state index contributed by atoms with van der Waals surface area (Å²) < 4.78 is 3.06. The third-order valence-corrected chi connectivity index (χ3v) is 4.46. The summed E-state index contributed by atoms with van der Waals surface area (Å²) in [4.78, 5) is 33.4. The zero-order chi connectivity index (χ0) is 20.2. The highest BCUT2D eigenvalue weighted by molar-refractivity contribution is 5.99. The average Bonchev–Trinajstić information content (AvgIpc) is 3.30. The van der Waals surface area contributed by atoms with Crippen molar-refractivity contribution in [2.24, 2.45) is 7.05 Å². The third-order valence-electron chi connectivity index (χ3n) is 4.46. The van der Waals surface area contributed by atoms with Gasteiger partial charge >= 0.3 is 0 Å². The maximum Gasteiger partial charge on any atom is 0.255 e. The second-order valence-electron chi connectivity index (χ2n) is 6.38. The van der Waals surface area contributed by atoms with E-state index in [1.807, 2.05) is 24.4 Å². The Kier molecular flexibility index (Phi) is 4.98. The molecule has 8 nitrogen and oxygen atoms in total. The zero-order valence-electron chi connectivity index (χ0n) is 15.7. The molecule has 144 valence electrons. The Bertz CT molecular complexity index is 1200. The lowest BCUT2D eigenvalue weighted by Gasteiger charge is -2.11. The minimum Gasteiger partial charge on any atom is -0.348 e. The van der Waals surface area contributed by atoms with Crippen molar-refractivity contribution in [1.29, 1.82) is 0 Å². The van der Waals surface area contributed by atoms with Crippen LogP contribution in [0.5, 0.6) is 0 Å². The van der Waals surface area contributed by atoms with Crippen molar-refractivity contribution in [3.05, 3.63) is 89.2 Å². The summed E-state index contributed by atoms with van der Waals surface area (Å²) in [6, 6.07) is 14.0. The van der Waals surface area contributed by atoms with Crippen molar-refractivity contribution in [1.82, 2.24) is 24.3 Å². The van der Waals surface area contributed by atoms with Crippen molar-refractivity contribution in [2.45, 2.75) is 0 Å². The van der Waals surface area contributed by atoms with Crippen LogP contribution in [0.25, 0.3) is 16.9 Å². The van der Waals surface area contributed by atoms with Crippen molar-refractivity contribution >= 4 is 11.7 Å². The molecule has 0 amide bonds. The molecule has 29 heavy (non-hydrogen) atoms. The molecule has 3 heterocycles. The molecule has 0 atom stereocenters. The van der Waals surface area contributed by atoms with Crippen LogP contribution in [-0.2, 0) is 7.05 Å². The molecule has 0 saturated carbocycles. The lowest BCUT2D eigenvalue weighted by atomic mass is 10.1.